The van der Waals surface area contributed by atoms with Gasteiger partial charge in [0.05, 0.1) is 5.56 Å². The van der Waals surface area contributed by atoms with Crippen molar-refractivity contribution in [2.75, 3.05) is 32.4 Å². The molecule has 0 bridgehead atoms. The van der Waals surface area contributed by atoms with Crippen molar-refractivity contribution >= 4 is 11.6 Å². The number of nitrogens with two attached hydrogens (primary N) is 1. The minimum atomic E-state index is 0.00890. The molecule has 126 valence electrons. The molecule has 3 rings (SSSR count). The second kappa shape index (κ2) is 7.49. The quantitative estimate of drug-likeness (QED) is 0.861. The molecule has 1 atom stereocenters. The van der Waals surface area contributed by atoms with Crippen LogP contribution in [0.5, 0.6) is 0 Å². The summed E-state index contributed by atoms with van der Waals surface area (Å²) in [5.41, 5.74) is 8.41. The van der Waals surface area contributed by atoms with E-state index >= 15 is 0 Å². The molecule has 1 aliphatic heterocycles. The van der Waals surface area contributed by atoms with Crippen molar-refractivity contribution in [3.8, 4) is 0 Å². The smallest absolute Gasteiger partial charge is 0.255 e. The topological polar surface area (TPSA) is 49.6 Å². The van der Waals surface area contributed by atoms with E-state index in [4.69, 9.17) is 5.73 Å². The molecule has 4 heteroatoms. The Bertz CT molecular complexity index is 686. The van der Waals surface area contributed by atoms with Crippen molar-refractivity contribution in [2.45, 2.75) is 13.0 Å². The van der Waals surface area contributed by atoms with E-state index in [1.807, 2.05) is 30.1 Å². The van der Waals surface area contributed by atoms with E-state index in [1.54, 1.807) is 12.1 Å². The highest BCUT2D eigenvalue weighted by Crippen LogP contribution is 2.21. The van der Waals surface area contributed by atoms with Crippen molar-refractivity contribution in [3.63, 3.8) is 0 Å². The highest BCUT2D eigenvalue weighted by molar-refractivity contribution is 5.98. The molecule has 4 nitrogen and oxygen atoms in total. The van der Waals surface area contributed by atoms with Crippen LogP contribution in [0.4, 0.5) is 5.69 Å². The third kappa shape index (κ3) is 3.95. The van der Waals surface area contributed by atoms with Gasteiger partial charge in [-0.2, -0.15) is 0 Å². The van der Waals surface area contributed by atoms with Crippen LogP contribution in [-0.2, 0) is 6.54 Å². The predicted octanol–water partition coefficient (Wildman–Crippen LogP) is 2.86. The number of anilines is 1. The summed E-state index contributed by atoms with van der Waals surface area (Å²) < 4.78 is 0. The van der Waals surface area contributed by atoms with Crippen molar-refractivity contribution in [3.05, 3.63) is 65.7 Å². The molecule has 0 saturated carbocycles. The summed E-state index contributed by atoms with van der Waals surface area (Å²) in [4.78, 5) is 16.8. The minimum absolute atomic E-state index is 0.00890. The molecule has 2 aromatic rings. The van der Waals surface area contributed by atoms with Gasteiger partial charge in [-0.1, -0.05) is 42.5 Å². The standard InChI is InChI=1S/C20H25N3O/c1-22(20(24)18-9-5-6-10-19(18)21)13-17-11-12-23(15-17)14-16-7-3-2-4-8-16/h2-10,17H,11-15,21H2,1H3. The van der Waals surface area contributed by atoms with E-state index in [9.17, 15) is 4.79 Å². The number of benzene rings is 2. The van der Waals surface area contributed by atoms with Crippen LogP contribution >= 0.6 is 0 Å². The molecular weight excluding hydrogens is 298 g/mol. The summed E-state index contributed by atoms with van der Waals surface area (Å²) in [7, 11) is 1.87. The van der Waals surface area contributed by atoms with Gasteiger partial charge in [-0.15, -0.1) is 0 Å². The maximum Gasteiger partial charge on any atom is 0.255 e. The first-order chi connectivity index (χ1) is 11.6. The molecule has 1 heterocycles. The van der Waals surface area contributed by atoms with Crippen molar-refractivity contribution < 1.29 is 4.79 Å². The third-order valence-electron chi connectivity index (χ3n) is 4.69. The Morgan fingerprint density at radius 1 is 1.17 bits per heavy atom. The Kier molecular flexibility index (Phi) is 5.16. The van der Waals surface area contributed by atoms with Gasteiger partial charge in [-0.05, 0) is 36.6 Å². The monoisotopic (exact) mass is 323 g/mol. The third-order valence-corrected chi connectivity index (χ3v) is 4.69. The van der Waals surface area contributed by atoms with Gasteiger partial charge < -0.3 is 10.6 Å². The van der Waals surface area contributed by atoms with Gasteiger partial charge in [-0.25, -0.2) is 0 Å². The minimum Gasteiger partial charge on any atom is -0.398 e. The van der Waals surface area contributed by atoms with Crippen molar-refractivity contribution in [2.24, 2.45) is 5.92 Å². The Morgan fingerprint density at radius 3 is 2.62 bits per heavy atom. The van der Waals surface area contributed by atoms with Gasteiger partial charge in [0.1, 0.15) is 0 Å². The van der Waals surface area contributed by atoms with Crippen LogP contribution in [0.2, 0.25) is 0 Å². The number of nitrogens with zero attached hydrogens (tertiary/aromatic N) is 2. The van der Waals surface area contributed by atoms with Gasteiger partial charge in [0.2, 0.25) is 0 Å². The Hall–Kier alpha value is -2.33. The maximum atomic E-state index is 12.6. The number of rotatable bonds is 5. The molecule has 1 amide bonds. The zero-order valence-electron chi connectivity index (χ0n) is 14.2. The molecular formula is C20H25N3O. The van der Waals surface area contributed by atoms with Crippen LogP contribution in [0.25, 0.3) is 0 Å². The zero-order valence-corrected chi connectivity index (χ0v) is 14.2. The summed E-state index contributed by atoms with van der Waals surface area (Å²) in [5, 5.41) is 0. The SMILES string of the molecule is CN(CC1CCN(Cc2ccccc2)C1)C(=O)c1ccccc1N. The first-order valence-electron chi connectivity index (χ1n) is 8.49. The number of amides is 1. The van der Waals surface area contributed by atoms with Gasteiger partial charge in [0, 0.05) is 32.4 Å². The molecule has 0 aliphatic carbocycles. The van der Waals surface area contributed by atoms with Gasteiger partial charge in [0.15, 0.2) is 0 Å². The Morgan fingerprint density at radius 2 is 1.88 bits per heavy atom. The number of carbonyl (C=O) groups excluding carboxylic acids is 1. The molecule has 2 aromatic carbocycles. The van der Waals surface area contributed by atoms with E-state index in [1.165, 1.54) is 5.56 Å². The molecule has 1 saturated heterocycles. The van der Waals surface area contributed by atoms with E-state index in [0.29, 0.717) is 17.2 Å². The zero-order chi connectivity index (χ0) is 16.9. The van der Waals surface area contributed by atoms with E-state index in [-0.39, 0.29) is 5.91 Å². The lowest BCUT2D eigenvalue weighted by molar-refractivity contribution is 0.0774. The maximum absolute atomic E-state index is 12.6. The fraction of sp³-hybridized carbons (Fsp3) is 0.350. The van der Waals surface area contributed by atoms with E-state index in [0.717, 1.165) is 32.6 Å². The molecule has 1 unspecified atom stereocenters. The van der Waals surface area contributed by atoms with Crippen LogP contribution in [-0.4, -0.2) is 42.4 Å². The van der Waals surface area contributed by atoms with Crippen molar-refractivity contribution in [1.82, 2.24) is 9.80 Å². The molecule has 1 fully saturated rings. The second-order valence-corrected chi connectivity index (χ2v) is 6.65. The molecule has 2 N–H and O–H groups in total. The van der Waals surface area contributed by atoms with Crippen LogP contribution in [0.15, 0.2) is 54.6 Å². The number of para-hydroxylation sites is 1. The highest BCUT2D eigenvalue weighted by atomic mass is 16.2. The number of likely N-dealkylation sites (tertiary alicyclic amines) is 1. The van der Waals surface area contributed by atoms with Gasteiger partial charge >= 0.3 is 0 Å². The average molecular weight is 323 g/mol. The van der Waals surface area contributed by atoms with Crippen LogP contribution in [0.3, 0.4) is 0 Å². The number of hydrogen-bond acceptors (Lipinski definition) is 3. The summed E-state index contributed by atoms with van der Waals surface area (Å²) in [6, 6.07) is 17.8. The Balaban J connectivity index is 1.53. The summed E-state index contributed by atoms with van der Waals surface area (Å²) in [5.74, 6) is 0.530. The van der Waals surface area contributed by atoms with Gasteiger partial charge in [0.25, 0.3) is 5.91 Å². The van der Waals surface area contributed by atoms with E-state index < -0.39 is 0 Å². The lowest BCUT2D eigenvalue weighted by Gasteiger charge is -2.22. The molecule has 0 spiro atoms. The number of carbonyl (C=O) groups is 1. The molecule has 0 aromatic heterocycles. The largest absolute Gasteiger partial charge is 0.398 e. The predicted molar refractivity (Wildman–Crippen MR) is 97.6 cm³/mol. The fourth-order valence-corrected chi connectivity index (χ4v) is 3.41. The fourth-order valence-electron chi connectivity index (χ4n) is 3.41. The second-order valence-electron chi connectivity index (χ2n) is 6.65. The van der Waals surface area contributed by atoms with Crippen LogP contribution in [0, 0.1) is 5.92 Å². The first-order valence-corrected chi connectivity index (χ1v) is 8.49. The van der Waals surface area contributed by atoms with Gasteiger partial charge in [-0.3, -0.25) is 9.69 Å². The molecule has 1 aliphatic rings. The van der Waals surface area contributed by atoms with Crippen LogP contribution < -0.4 is 5.73 Å². The lowest BCUT2D eigenvalue weighted by atomic mass is 10.1. The summed E-state index contributed by atoms with van der Waals surface area (Å²) >= 11 is 0. The van der Waals surface area contributed by atoms with E-state index in [2.05, 4.69) is 29.2 Å². The normalized spacial score (nSPS) is 17.8. The number of hydrogen-bond donors (Lipinski definition) is 1. The number of nitrogen functional groups attached to an aromatic ring is 1. The molecule has 24 heavy (non-hydrogen) atoms. The average Bonchev–Trinajstić information content (AvgIpc) is 3.02. The Labute approximate surface area is 143 Å². The van der Waals surface area contributed by atoms with Crippen LogP contribution in [0.1, 0.15) is 22.3 Å². The first kappa shape index (κ1) is 16.5. The summed E-state index contributed by atoms with van der Waals surface area (Å²) in [6.45, 7) is 3.89. The van der Waals surface area contributed by atoms with Crippen molar-refractivity contribution in [1.29, 1.82) is 0 Å². The summed E-state index contributed by atoms with van der Waals surface area (Å²) in [6.07, 6.45) is 1.13. The highest BCUT2D eigenvalue weighted by Gasteiger charge is 2.25. The molecule has 0 radical (unpaired) electrons. The lowest BCUT2D eigenvalue weighted by Crippen LogP contribution is -2.33.